The van der Waals surface area contributed by atoms with Crippen molar-refractivity contribution in [3.63, 3.8) is 0 Å². The van der Waals surface area contributed by atoms with E-state index in [0.29, 0.717) is 17.9 Å². The first-order chi connectivity index (χ1) is 15.2. The van der Waals surface area contributed by atoms with Gasteiger partial charge >= 0.3 is 0 Å². The maximum atomic E-state index is 12.1. The number of rotatable bonds is 6. The number of amides is 1. The van der Waals surface area contributed by atoms with Gasteiger partial charge in [0.05, 0.1) is 40.3 Å². The number of fused-ring (bicyclic) bond motifs is 2. The largest absolute Gasteiger partial charge is 0.337 e. The van der Waals surface area contributed by atoms with Gasteiger partial charge in [-0.1, -0.05) is 25.5 Å². The summed E-state index contributed by atoms with van der Waals surface area (Å²) >= 11 is 0. The minimum Gasteiger partial charge on any atom is -0.337 e. The Bertz CT molecular complexity index is 1350. The Labute approximate surface area is 178 Å². The van der Waals surface area contributed by atoms with Crippen LogP contribution in [0.25, 0.3) is 44.7 Å². The lowest BCUT2D eigenvalue weighted by atomic mass is 10.1. The van der Waals surface area contributed by atoms with Crippen molar-refractivity contribution < 1.29 is 4.79 Å². The van der Waals surface area contributed by atoms with Gasteiger partial charge in [-0.2, -0.15) is 5.10 Å². The van der Waals surface area contributed by atoms with Crippen LogP contribution in [-0.4, -0.2) is 36.0 Å². The third-order valence-electron chi connectivity index (χ3n) is 5.14. The Balaban J connectivity index is 1.49. The molecule has 5 aromatic rings. The number of H-pyrrole nitrogens is 2. The molecule has 0 unspecified atom stereocenters. The zero-order valence-electron chi connectivity index (χ0n) is 17.0. The lowest BCUT2D eigenvalue weighted by Gasteiger charge is -2.07. The second-order valence-electron chi connectivity index (χ2n) is 7.40. The third-order valence-corrected chi connectivity index (χ3v) is 5.14. The van der Waals surface area contributed by atoms with Gasteiger partial charge in [0.1, 0.15) is 5.69 Å². The molecule has 5 rings (SSSR count). The lowest BCUT2D eigenvalue weighted by Crippen LogP contribution is -2.11. The highest BCUT2D eigenvalue weighted by atomic mass is 16.1. The molecule has 1 amide bonds. The van der Waals surface area contributed by atoms with Gasteiger partial charge in [0.2, 0.25) is 5.91 Å². The van der Waals surface area contributed by atoms with E-state index in [1.54, 1.807) is 18.6 Å². The normalized spacial score (nSPS) is 11.3. The van der Waals surface area contributed by atoms with E-state index >= 15 is 0 Å². The number of carbonyl (C=O) groups excluding carboxylic acids is 1. The summed E-state index contributed by atoms with van der Waals surface area (Å²) in [5.74, 6) is 0.686. The van der Waals surface area contributed by atoms with Crippen molar-refractivity contribution in [1.82, 2.24) is 30.1 Å². The summed E-state index contributed by atoms with van der Waals surface area (Å²) in [4.78, 5) is 28.9. The molecule has 4 aromatic heterocycles. The van der Waals surface area contributed by atoms with Gasteiger partial charge in [0.15, 0.2) is 5.82 Å². The molecule has 31 heavy (non-hydrogen) atoms. The maximum Gasteiger partial charge on any atom is 0.224 e. The number of imidazole rings is 1. The summed E-state index contributed by atoms with van der Waals surface area (Å²) in [6.45, 7) is 2.06. The van der Waals surface area contributed by atoms with Gasteiger partial charge in [-0.3, -0.25) is 19.9 Å². The molecule has 8 heteroatoms. The molecule has 8 nitrogen and oxygen atoms in total. The molecule has 1 aromatic carbocycles. The number of aromatic amines is 2. The summed E-state index contributed by atoms with van der Waals surface area (Å²) in [6.07, 6.45) is 7.47. The van der Waals surface area contributed by atoms with Gasteiger partial charge in [-0.15, -0.1) is 0 Å². The number of unbranched alkanes of at least 4 members (excludes halogenated alkanes) is 1. The Kier molecular flexibility index (Phi) is 4.87. The van der Waals surface area contributed by atoms with E-state index in [-0.39, 0.29) is 5.91 Å². The van der Waals surface area contributed by atoms with Gasteiger partial charge < -0.3 is 10.3 Å². The highest BCUT2D eigenvalue weighted by Gasteiger charge is 2.14. The van der Waals surface area contributed by atoms with Crippen molar-refractivity contribution in [2.45, 2.75) is 26.2 Å². The molecule has 0 aliphatic carbocycles. The van der Waals surface area contributed by atoms with E-state index in [2.05, 4.69) is 42.4 Å². The molecular weight excluding hydrogens is 390 g/mol. The van der Waals surface area contributed by atoms with Crippen LogP contribution in [0.3, 0.4) is 0 Å². The highest BCUT2D eigenvalue weighted by molar-refractivity contribution is 5.95. The molecule has 3 N–H and O–H groups in total. The van der Waals surface area contributed by atoms with Crippen LogP contribution in [0.5, 0.6) is 0 Å². The fourth-order valence-corrected chi connectivity index (χ4v) is 3.53. The molecule has 0 spiro atoms. The molecule has 0 radical (unpaired) electrons. The number of aromatic nitrogens is 6. The van der Waals surface area contributed by atoms with Crippen LogP contribution >= 0.6 is 0 Å². The van der Waals surface area contributed by atoms with Crippen molar-refractivity contribution in [3.8, 4) is 22.8 Å². The molecule has 4 heterocycles. The molecule has 0 aliphatic rings. The first-order valence-corrected chi connectivity index (χ1v) is 10.3. The number of hydrogen-bond acceptors (Lipinski definition) is 5. The van der Waals surface area contributed by atoms with Crippen LogP contribution in [0.4, 0.5) is 5.69 Å². The van der Waals surface area contributed by atoms with E-state index in [9.17, 15) is 4.79 Å². The topological polar surface area (TPSA) is 112 Å². The maximum absolute atomic E-state index is 12.1. The molecule has 0 bridgehead atoms. The lowest BCUT2D eigenvalue weighted by molar-refractivity contribution is -0.116. The Hall–Kier alpha value is -4.07. The highest BCUT2D eigenvalue weighted by Crippen LogP contribution is 2.29. The van der Waals surface area contributed by atoms with E-state index in [1.807, 2.05) is 36.4 Å². The fraction of sp³-hybridized carbons (Fsp3) is 0.174. The summed E-state index contributed by atoms with van der Waals surface area (Å²) < 4.78 is 0. The molecule has 0 aliphatic heterocycles. The summed E-state index contributed by atoms with van der Waals surface area (Å²) in [7, 11) is 0. The van der Waals surface area contributed by atoms with E-state index in [4.69, 9.17) is 0 Å². The van der Waals surface area contributed by atoms with Crippen LogP contribution in [0.2, 0.25) is 0 Å². The van der Waals surface area contributed by atoms with Gasteiger partial charge in [0, 0.05) is 23.6 Å². The standard InChI is InChI=1S/C23H21N7O/c1-2-3-8-21(31)26-15-9-14(11-24-12-15)19-10-16-20(13-25-19)29-30-22(16)23-27-17-6-4-5-7-18(17)28-23/h4-7,9-13H,2-3,8H2,1H3,(H,26,31)(H,27,28)(H,29,30). The number of pyridine rings is 2. The number of anilines is 1. The smallest absolute Gasteiger partial charge is 0.224 e. The molecule has 0 saturated heterocycles. The number of hydrogen-bond donors (Lipinski definition) is 3. The molecule has 0 saturated carbocycles. The average molecular weight is 411 g/mol. The number of nitrogens with one attached hydrogen (secondary N) is 3. The van der Waals surface area contributed by atoms with Crippen molar-refractivity contribution in [2.24, 2.45) is 0 Å². The number of nitrogens with zero attached hydrogens (tertiary/aromatic N) is 4. The average Bonchev–Trinajstić information content (AvgIpc) is 3.41. The van der Waals surface area contributed by atoms with Crippen molar-refractivity contribution >= 4 is 33.5 Å². The van der Waals surface area contributed by atoms with E-state index < -0.39 is 0 Å². The first kappa shape index (κ1) is 18.9. The third kappa shape index (κ3) is 3.75. The van der Waals surface area contributed by atoms with Crippen molar-refractivity contribution in [3.05, 3.63) is 55.0 Å². The predicted molar refractivity (Wildman–Crippen MR) is 120 cm³/mol. The van der Waals surface area contributed by atoms with Crippen LogP contribution < -0.4 is 5.32 Å². The second-order valence-corrected chi connectivity index (χ2v) is 7.40. The zero-order valence-corrected chi connectivity index (χ0v) is 17.0. The van der Waals surface area contributed by atoms with Crippen LogP contribution in [-0.2, 0) is 4.79 Å². The molecule has 154 valence electrons. The van der Waals surface area contributed by atoms with Crippen LogP contribution in [0.1, 0.15) is 26.2 Å². The van der Waals surface area contributed by atoms with E-state index in [1.165, 1.54) is 0 Å². The van der Waals surface area contributed by atoms with Gasteiger partial charge in [-0.05, 0) is 30.7 Å². The minimum absolute atomic E-state index is 0.00813. The summed E-state index contributed by atoms with van der Waals surface area (Å²) in [5, 5.41) is 11.3. The second kappa shape index (κ2) is 7.98. The minimum atomic E-state index is -0.00813. The van der Waals surface area contributed by atoms with Gasteiger partial charge in [-0.25, -0.2) is 4.98 Å². The number of benzene rings is 1. The summed E-state index contributed by atoms with van der Waals surface area (Å²) in [6, 6.07) is 11.7. The first-order valence-electron chi connectivity index (χ1n) is 10.3. The Morgan fingerprint density at radius 1 is 1.10 bits per heavy atom. The van der Waals surface area contributed by atoms with Crippen LogP contribution in [0, 0.1) is 0 Å². The quantitative estimate of drug-likeness (QED) is 0.375. The van der Waals surface area contributed by atoms with Crippen LogP contribution in [0.15, 0.2) is 55.0 Å². The van der Waals surface area contributed by atoms with Crippen molar-refractivity contribution in [1.29, 1.82) is 0 Å². The number of carbonyl (C=O) groups is 1. The van der Waals surface area contributed by atoms with Gasteiger partial charge in [0.25, 0.3) is 0 Å². The number of para-hydroxylation sites is 2. The predicted octanol–water partition coefficient (Wildman–Crippen LogP) is 4.69. The SMILES string of the molecule is CCCCC(=O)Nc1cncc(-c2cc3c(-c4nc5ccccc5[nH]4)n[nH]c3cn2)c1. The Morgan fingerprint density at radius 2 is 2.00 bits per heavy atom. The molecule has 0 fully saturated rings. The molecule has 0 atom stereocenters. The monoisotopic (exact) mass is 411 g/mol. The van der Waals surface area contributed by atoms with E-state index in [0.717, 1.165) is 51.7 Å². The van der Waals surface area contributed by atoms with Crippen molar-refractivity contribution in [2.75, 3.05) is 5.32 Å². The fourth-order valence-electron chi connectivity index (χ4n) is 3.53. The zero-order chi connectivity index (χ0) is 21.2. The molecular formula is C23H21N7O. The Morgan fingerprint density at radius 3 is 2.87 bits per heavy atom. The summed E-state index contributed by atoms with van der Waals surface area (Å²) in [5.41, 5.74) is 5.60.